The minimum Gasteiger partial charge on any atom is -0.497 e. The predicted octanol–water partition coefficient (Wildman–Crippen LogP) is 1.68. The third-order valence-corrected chi connectivity index (χ3v) is 3.69. The molecule has 5 nitrogen and oxygen atoms in total. The molecule has 1 unspecified atom stereocenters. The number of ether oxygens (including phenoxy) is 1. The van der Waals surface area contributed by atoms with E-state index in [1.165, 1.54) is 7.11 Å². The number of hydrogen-bond acceptors (Lipinski definition) is 4. The highest BCUT2D eigenvalue weighted by Crippen LogP contribution is 2.30. The van der Waals surface area contributed by atoms with Gasteiger partial charge in [0.25, 0.3) is 5.91 Å². The summed E-state index contributed by atoms with van der Waals surface area (Å²) in [7, 11) is 1.52. The minimum absolute atomic E-state index is 0.452. The van der Waals surface area contributed by atoms with Crippen LogP contribution < -0.4 is 10.1 Å². The molecule has 0 radical (unpaired) electrons. The maximum atomic E-state index is 12.1. The van der Waals surface area contributed by atoms with Crippen molar-refractivity contribution < 1.29 is 14.6 Å². The second kappa shape index (κ2) is 5.93. The summed E-state index contributed by atoms with van der Waals surface area (Å²) in [4.78, 5) is 12.1. The van der Waals surface area contributed by atoms with Gasteiger partial charge in [-0.2, -0.15) is 5.26 Å². The van der Waals surface area contributed by atoms with E-state index in [0.29, 0.717) is 24.2 Å². The zero-order chi connectivity index (χ0) is 14.6. The van der Waals surface area contributed by atoms with E-state index in [0.717, 1.165) is 12.8 Å². The van der Waals surface area contributed by atoms with Crippen LogP contribution in [0.1, 0.15) is 37.4 Å². The molecule has 1 aliphatic carbocycles. The Morgan fingerprint density at radius 2 is 2.20 bits per heavy atom. The molecule has 1 aromatic rings. The monoisotopic (exact) mass is 274 g/mol. The van der Waals surface area contributed by atoms with Crippen LogP contribution >= 0.6 is 0 Å². The fraction of sp³-hybridized carbons (Fsp3) is 0.467. The van der Waals surface area contributed by atoms with E-state index in [9.17, 15) is 15.2 Å². The number of aliphatic hydroxyl groups excluding tert-OH is 1. The van der Waals surface area contributed by atoms with Crippen molar-refractivity contribution >= 4 is 5.91 Å². The minimum atomic E-state index is -1.30. The second-order valence-electron chi connectivity index (χ2n) is 5.07. The number of aliphatic hydroxyl groups is 1. The van der Waals surface area contributed by atoms with Crippen molar-refractivity contribution in [2.45, 2.75) is 37.3 Å². The summed E-state index contributed by atoms with van der Waals surface area (Å²) in [6.07, 6.45) is 1.82. The van der Waals surface area contributed by atoms with E-state index < -0.39 is 17.6 Å². The lowest BCUT2D eigenvalue weighted by molar-refractivity contribution is -0.131. The Labute approximate surface area is 118 Å². The van der Waals surface area contributed by atoms with Gasteiger partial charge in [-0.15, -0.1) is 0 Å². The van der Waals surface area contributed by atoms with Gasteiger partial charge in [0.15, 0.2) is 6.10 Å². The van der Waals surface area contributed by atoms with E-state index in [1.807, 2.05) is 0 Å². The summed E-state index contributed by atoms with van der Waals surface area (Å²) in [6, 6.07) is 8.88. The summed E-state index contributed by atoms with van der Waals surface area (Å²) in [6.45, 7) is 0. The summed E-state index contributed by atoms with van der Waals surface area (Å²) in [5, 5.41) is 22.0. The van der Waals surface area contributed by atoms with E-state index in [1.54, 1.807) is 24.3 Å². The molecule has 0 heterocycles. The fourth-order valence-electron chi connectivity index (χ4n) is 2.51. The van der Waals surface area contributed by atoms with Gasteiger partial charge in [0.2, 0.25) is 0 Å². The molecule has 5 heteroatoms. The van der Waals surface area contributed by atoms with Gasteiger partial charge in [-0.05, 0) is 43.4 Å². The topological polar surface area (TPSA) is 82.3 Å². The third-order valence-electron chi connectivity index (χ3n) is 3.69. The molecule has 1 fully saturated rings. The van der Waals surface area contributed by atoms with Crippen LogP contribution in [-0.2, 0) is 4.79 Å². The zero-order valence-electron chi connectivity index (χ0n) is 11.4. The molecule has 0 saturated heterocycles. The maximum Gasteiger partial charge on any atom is 0.254 e. The average molecular weight is 274 g/mol. The molecule has 0 bridgehead atoms. The van der Waals surface area contributed by atoms with Crippen LogP contribution in [0.2, 0.25) is 0 Å². The molecule has 2 N–H and O–H groups in total. The van der Waals surface area contributed by atoms with Gasteiger partial charge < -0.3 is 15.2 Å². The molecule has 1 aliphatic rings. The molecule has 20 heavy (non-hydrogen) atoms. The smallest absolute Gasteiger partial charge is 0.254 e. The first-order valence-electron chi connectivity index (χ1n) is 6.65. The van der Waals surface area contributed by atoms with E-state index in [4.69, 9.17) is 4.74 Å². The average Bonchev–Trinajstić information content (AvgIpc) is 2.95. The first-order valence-corrected chi connectivity index (χ1v) is 6.65. The van der Waals surface area contributed by atoms with Crippen LogP contribution in [0.5, 0.6) is 5.75 Å². The molecule has 0 aliphatic heterocycles. The summed E-state index contributed by atoms with van der Waals surface area (Å²) < 4.78 is 5.06. The number of nitrogens with one attached hydrogen (secondary N) is 1. The third kappa shape index (κ3) is 2.91. The number of benzene rings is 1. The van der Waals surface area contributed by atoms with E-state index in [2.05, 4.69) is 11.4 Å². The van der Waals surface area contributed by atoms with Crippen LogP contribution in [0.3, 0.4) is 0 Å². The number of carbonyl (C=O) groups excluding carboxylic acids is 1. The van der Waals surface area contributed by atoms with Gasteiger partial charge in [0.05, 0.1) is 13.2 Å². The van der Waals surface area contributed by atoms with Crippen LogP contribution in [0.25, 0.3) is 0 Å². The van der Waals surface area contributed by atoms with Gasteiger partial charge in [-0.3, -0.25) is 4.79 Å². The second-order valence-corrected chi connectivity index (χ2v) is 5.07. The Balaban J connectivity index is 2.10. The Hall–Kier alpha value is -2.06. The number of amides is 1. The fourth-order valence-corrected chi connectivity index (χ4v) is 2.51. The molecule has 106 valence electrons. The lowest BCUT2D eigenvalue weighted by atomic mass is 9.98. The zero-order valence-corrected chi connectivity index (χ0v) is 11.4. The summed E-state index contributed by atoms with van der Waals surface area (Å²) in [5.41, 5.74) is -0.371. The van der Waals surface area contributed by atoms with Crippen molar-refractivity contribution in [3.63, 3.8) is 0 Å². The quantitative estimate of drug-likeness (QED) is 0.875. The number of hydrogen-bond donors (Lipinski definition) is 2. The molecule has 2 rings (SSSR count). The van der Waals surface area contributed by atoms with E-state index in [-0.39, 0.29) is 0 Å². The van der Waals surface area contributed by atoms with Crippen LogP contribution in [0.4, 0.5) is 0 Å². The highest BCUT2D eigenvalue weighted by molar-refractivity contribution is 5.83. The van der Waals surface area contributed by atoms with Crippen molar-refractivity contribution in [2.24, 2.45) is 0 Å². The Kier molecular flexibility index (Phi) is 4.26. The van der Waals surface area contributed by atoms with Crippen LogP contribution in [-0.4, -0.2) is 23.7 Å². The van der Waals surface area contributed by atoms with Crippen molar-refractivity contribution in [1.29, 1.82) is 5.26 Å². The van der Waals surface area contributed by atoms with Gasteiger partial charge in [-0.1, -0.05) is 12.1 Å². The van der Waals surface area contributed by atoms with Crippen molar-refractivity contribution in [3.8, 4) is 11.8 Å². The van der Waals surface area contributed by atoms with Crippen LogP contribution in [0, 0.1) is 11.3 Å². The predicted molar refractivity (Wildman–Crippen MR) is 72.9 cm³/mol. The number of nitriles is 1. The largest absolute Gasteiger partial charge is 0.497 e. The Bertz CT molecular complexity index is 530. The molecular formula is C15H18N2O3. The van der Waals surface area contributed by atoms with Crippen molar-refractivity contribution in [1.82, 2.24) is 5.32 Å². The standard InChI is InChI=1S/C15H18N2O3/c1-20-12-6-4-5-11(9-12)13(18)14(19)17-15(10-16)7-2-3-8-15/h4-6,9,13,18H,2-3,7-8H2,1H3,(H,17,19). The van der Waals surface area contributed by atoms with E-state index >= 15 is 0 Å². The Morgan fingerprint density at radius 3 is 2.80 bits per heavy atom. The maximum absolute atomic E-state index is 12.1. The highest BCUT2D eigenvalue weighted by atomic mass is 16.5. The Morgan fingerprint density at radius 1 is 1.50 bits per heavy atom. The normalized spacial score (nSPS) is 18.1. The SMILES string of the molecule is COc1cccc(C(O)C(=O)NC2(C#N)CCCC2)c1. The number of carbonyl (C=O) groups is 1. The lowest BCUT2D eigenvalue weighted by Gasteiger charge is -2.24. The summed E-state index contributed by atoms with van der Waals surface area (Å²) >= 11 is 0. The number of nitrogens with zero attached hydrogens (tertiary/aromatic N) is 1. The first kappa shape index (κ1) is 14.4. The summed E-state index contributed by atoms with van der Waals surface area (Å²) in [5.74, 6) is 0.0342. The lowest BCUT2D eigenvalue weighted by Crippen LogP contribution is -2.47. The molecule has 1 atom stereocenters. The highest BCUT2D eigenvalue weighted by Gasteiger charge is 2.37. The van der Waals surface area contributed by atoms with Crippen LogP contribution in [0.15, 0.2) is 24.3 Å². The molecule has 1 aromatic carbocycles. The number of methoxy groups -OCH3 is 1. The molecule has 1 saturated carbocycles. The van der Waals surface area contributed by atoms with Gasteiger partial charge in [0.1, 0.15) is 11.3 Å². The molecule has 1 amide bonds. The number of rotatable bonds is 4. The molecular weight excluding hydrogens is 256 g/mol. The first-order chi connectivity index (χ1) is 9.60. The molecule has 0 spiro atoms. The van der Waals surface area contributed by atoms with Crippen molar-refractivity contribution in [3.05, 3.63) is 29.8 Å². The van der Waals surface area contributed by atoms with Gasteiger partial charge in [0, 0.05) is 0 Å². The van der Waals surface area contributed by atoms with Gasteiger partial charge >= 0.3 is 0 Å². The van der Waals surface area contributed by atoms with Crippen molar-refractivity contribution in [2.75, 3.05) is 7.11 Å². The van der Waals surface area contributed by atoms with Gasteiger partial charge in [-0.25, -0.2) is 0 Å². The molecule has 0 aromatic heterocycles.